The lowest BCUT2D eigenvalue weighted by Crippen LogP contribution is -2.61. The summed E-state index contributed by atoms with van der Waals surface area (Å²) in [6.07, 6.45) is 78.0. The summed E-state index contributed by atoms with van der Waals surface area (Å²) < 4.78 is 17.7. The van der Waals surface area contributed by atoms with Crippen LogP contribution in [-0.4, -0.2) is 99.6 Å². The lowest BCUT2D eigenvalue weighted by Gasteiger charge is -2.41. The summed E-state index contributed by atoms with van der Waals surface area (Å²) in [6, 6.07) is -1.03. The van der Waals surface area contributed by atoms with Crippen molar-refractivity contribution in [1.82, 2.24) is 5.32 Å². The van der Waals surface area contributed by atoms with Gasteiger partial charge in [-0.2, -0.15) is 0 Å². The average molecular weight is 1280 g/mol. The number of hydrogen-bond donors (Lipinski definition) is 6. The van der Waals surface area contributed by atoms with E-state index in [4.69, 9.17) is 14.2 Å². The monoisotopic (exact) mass is 1280 g/mol. The molecule has 91 heavy (non-hydrogen) atoms. The quantitative estimate of drug-likeness (QED) is 0.0195. The highest BCUT2D eigenvalue weighted by molar-refractivity contribution is 5.80. The van der Waals surface area contributed by atoms with E-state index >= 15 is 0 Å². The molecule has 1 fully saturated rings. The van der Waals surface area contributed by atoms with E-state index in [0.717, 1.165) is 83.5 Å². The molecule has 0 aromatic rings. The van der Waals surface area contributed by atoms with E-state index < -0.39 is 67.4 Å². The Morgan fingerprint density at radius 2 is 0.758 bits per heavy atom. The molecular weight excluding hydrogens is 1130 g/mol. The van der Waals surface area contributed by atoms with Gasteiger partial charge in [-0.3, -0.25) is 9.59 Å². The summed E-state index contributed by atoms with van der Waals surface area (Å²) in [4.78, 5) is 26.8. The number of carbonyl (C=O) groups is 2. The van der Waals surface area contributed by atoms with Gasteiger partial charge in [0.25, 0.3) is 0 Å². The van der Waals surface area contributed by atoms with E-state index in [1.54, 1.807) is 6.08 Å². The minimum absolute atomic E-state index is 0.119. The van der Waals surface area contributed by atoms with Crippen LogP contribution in [0, 0.1) is 0 Å². The minimum Gasteiger partial charge on any atom is -0.454 e. The number of nitrogens with one attached hydrogen (secondary N) is 1. The molecule has 0 aliphatic carbocycles. The molecule has 11 nitrogen and oxygen atoms in total. The third-order valence-corrected chi connectivity index (χ3v) is 18.1. The van der Waals surface area contributed by atoms with Crippen LogP contribution in [0.25, 0.3) is 0 Å². The number of rotatable bonds is 67. The zero-order chi connectivity index (χ0) is 66.0. The van der Waals surface area contributed by atoms with Gasteiger partial charge in [0, 0.05) is 6.42 Å². The van der Waals surface area contributed by atoms with Crippen molar-refractivity contribution in [2.24, 2.45) is 0 Å². The Labute approximate surface area is 560 Å². The summed E-state index contributed by atoms with van der Waals surface area (Å²) >= 11 is 0. The first-order valence-corrected chi connectivity index (χ1v) is 38.7. The Morgan fingerprint density at radius 1 is 0.429 bits per heavy atom. The molecule has 0 spiro atoms. The van der Waals surface area contributed by atoms with Gasteiger partial charge in [-0.05, 0) is 96.3 Å². The van der Waals surface area contributed by atoms with E-state index in [0.29, 0.717) is 19.3 Å². The van der Waals surface area contributed by atoms with E-state index in [1.807, 2.05) is 6.08 Å². The molecule has 8 unspecified atom stereocenters. The lowest BCUT2D eigenvalue weighted by molar-refractivity contribution is -0.305. The second kappa shape index (κ2) is 67.1. The maximum absolute atomic E-state index is 13.5. The number of carbonyl (C=O) groups excluding carboxylic acids is 2. The molecule has 1 amide bonds. The zero-order valence-electron chi connectivity index (χ0n) is 59.2. The molecule has 0 saturated carbocycles. The van der Waals surface area contributed by atoms with Crippen molar-refractivity contribution in [2.45, 2.75) is 410 Å². The number of ether oxygens (including phenoxy) is 3. The van der Waals surface area contributed by atoms with Crippen LogP contribution in [0.5, 0.6) is 0 Å². The molecule has 0 bridgehead atoms. The maximum Gasteiger partial charge on any atom is 0.306 e. The van der Waals surface area contributed by atoms with E-state index in [1.165, 1.54) is 231 Å². The Kier molecular flexibility index (Phi) is 63.5. The van der Waals surface area contributed by atoms with Crippen molar-refractivity contribution in [3.63, 3.8) is 0 Å². The van der Waals surface area contributed by atoms with Gasteiger partial charge in [-0.15, -0.1) is 0 Å². The molecule has 8 atom stereocenters. The number of aliphatic hydroxyl groups excluding tert-OH is 5. The third-order valence-electron chi connectivity index (χ3n) is 18.1. The number of esters is 1. The Balaban J connectivity index is 2.53. The molecule has 1 aliphatic rings. The number of hydrogen-bond acceptors (Lipinski definition) is 10. The molecule has 0 radical (unpaired) electrons. The van der Waals surface area contributed by atoms with E-state index in [2.05, 4.69) is 86.8 Å². The van der Waals surface area contributed by atoms with Gasteiger partial charge < -0.3 is 45.1 Å². The fraction of sp³-hybridized carbons (Fsp3) is 0.825. The van der Waals surface area contributed by atoms with E-state index in [9.17, 15) is 35.1 Å². The van der Waals surface area contributed by atoms with Gasteiger partial charge in [0.05, 0.1) is 25.4 Å². The Hall–Kier alpha value is -2.90. The van der Waals surface area contributed by atoms with Crippen LogP contribution in [0.3, 0.4) is 0 Å². The Morgan fingerprint density at radius 3 is 1.16 bits per heavy atom. The number of aliphatic hydroxyl groups is 5. The molecule has 1 aliphatic heterocycles. The van der Waals surface area contributed by atoms with Crippen molar-refractivity contribution in [2.75, 3.05) is 13.2 Å². The number of unbranched alkanes of at least 4 members (excludes halogenated alkanes) is 43. The molecule has 1 saturated heterocycles. The van der Waals surface area contributed by atoms with Crippen LogP contribution in [0.1, 0.15) is 361 Å². The predicted molar refractivity (Wildman–Crippen MR) is 384 cm³/mol. The predicted octanol–water partition coefficient (Wildman–Crippen LogP) is 20.6. The van der Waals surface area contributed by atoms with Gasteiger partial charge in [0.1, 0.15) is 24.4 Å². The first-order valence-electron chi connectivity index (χ1n) is 38.7. The first kappa shape index (κ1) is 86.1. The fourth-order valence-corrected chi connectivity index (χ4v) is 12.0. The molecule has 530 valence electrons. The van der Waals surface area contributed by atoms with Crippen LogP contribution < -0.4 is 5.32 Å². The maximum atomic E-state index is 13.5. The largest absolute Gasteiger partial charge is 0.454 e. The number of allylic oxidation sites excluding steroid dienone is 11. The zero-order valence-corrected chi connectivity index (χ0v) is 59.2. The summed E-state index contributed by atoms with van der Waals surface area (Å²) in [5, 5.41) is 57.4. The number of amides is 1. The molecule has 1 rings (SSSR count). The Bertz CT molecular complexity index is 1760. The minimum atomic E-state index is -1.62. The molecule has 0 aromatic carbocycles. The summed E-state index contributed by atoms with van der Waals surface area (Å²) in [5.74, 6) is -1.19. The smallest absolute Gasteiger partial charge is 0.306 e. The van der Waals surface area contributed by atoms with Gasteiger partial charge in [-0.1, -0.05) is 331 Å². The van der Waals surface area contributed by atoms with Gasteiger partial charge >= 0.3 is 5.97 Å². The van der Waals surface area contributed by atoms with E-state index in [-0.39, 0.29) is 13.0 Å². The molecule has 6 N–H and O–H groups in total. The normalized spacial score (nSPS) is 18.4. The summed E-state index contributed by atoms with van der Waals surface area (Å²) in [7, 11) is 0. The van der Waals surface area contributed by atoms with Crippen LogP contribution in [0.2, 0.25) is 0 Å². The molecule has 11 heteroatoms. The van der Waals surface area contributed by atoms with Crippen LogP contribution in [0.4, 0.5) is 0 Å². The average Bonchev–Trinajstić information content (AvgIpc) is 1.11. The van der Waals surface area contributed by atoms with Crippen LogP contribution in [0.15, 0.2) is 72.9 Å². The van der Waals surface area contributed by atoms with Crippen LogP contribution >= 0.6 is 0 Å². The highest BCUT2D eigenvalue weighted by Gasteiger charge is 2.47. The lowest BCUT2D eigenvalue weighted by atomic mass is 9.99. The van der Waals surface area contributed by atoms with Gasteiger partial charge in [0.15, 0.2) is 12.4 Å². The highest BCUT2D eigenvalue weighted by atomic mass is 16.7. The highest BCUT2D eigenvalue weighted by Crippen LogP contribution is 2.27. The van der Waals surface area contributed by atoms with Crippen LogP contribution in [-0.2, 0) is 23.8 Å². The van der Waals surface area contributed by atoms with Gasteiger partial charge in [-0.25, -0.2) is 0 Å². The first-order chi connectivity index (χ1) is 44.7. The molecule has 0 aromatic heterocycles. The second-order valence-corrected chi connectivity index (χ2v) is 26.7. The van der Waals surface area contributed by atoms with Crippen molar-refractivity contribution < 1.29 is 49.3 Å². The molecule has 1 heterocycles. The fourth-order valence-electron chi connectivity index (χ4n) is 12.0. The standard InChI is InChI=1S/C80H145NO10/c1-4-7-10-13-16-19-22-25-27-29-31-33-35-36-37-38-39-41-43-45-47-50-53-56-59-62-65-68-75(85)91-78-77(87)76(86)74(69-82)90-80(78)89-70-71(72(83)66-63-60-57-54-51-48-24-21-18-15-12-9-6-3)81-79(88)73(84)67-64-61-58-55-52-49-46-44-42-40-34-32-30-28-26-23-20-17-14-11-8-5-2/h16,19,25-28,31,33,36-37,63,66,71-74,76-78,80,82-84,86-87H,4-15,17-18,20-24,29-30,32,34-35,38-62,64-65,67-70H2,1-3H3,(H,81,88)/b19-16-,27-25-,28-26+,33-31-,37-36-,66-63+. The molecular formula is C80H145NO10. The van der Waals surface area contributed by atoms with Crippen molar-refractivity contribution in [1.29, 1.82) is 0 Å². The van der Waals surface area contributed by atoms with Crippen molar-refractivity contribution >= 4 is 11.9 Å². The third kappa shape index (κ3) is 54.0. The summed E-state index contributed by atoms with van der Waals surface area (Å²) in [5.41, 5.74) is 0. The van der Waals surface area contributed by atoms with Crippen molar-refractivity contribution in [3.8, 4) is 0 Å². The second-order valence-electron chi connectivity index (χ2n) is 26.7. The van der Waals surface area contributed by atoms with Gasteiger partial charge in [0.2, 0.25) is 5.91 Å². The topological polar surface area (TPSA) is 175 Å². The SMILES string of the molecule is CCCCC/C=C\C/C=C\C/C=C\C/C=C\CCCCCCCCCCCCCC(=O)OC1C(OCC(NC(=O)C(O)CCCCCCCCCCCCCC/C=C/CCCCCCCC)C(O)/C=C/CCCCCCCCCCCCC)OC(CO)C(O)C1O. The summed E-state index contributed by atoms with van der Waals surface area (Å²) in [6.45, 7) is 5.81. The van der Waals surface area contributed by atoms with Crippen molar-refractivity contribution in [3.05, 3.63) is 72.9 Å².